The lowest BCUT2D eigenvalue weighted by atomic mass is 10.2. The average molecular weight is 157 g/mol. The van der Waals surface area contributed by atoms with Crippen LogP contribution in [-0.2, 0) is 0 Å². The Hall–Kier alpha value is 0.310. The predicted octanol–water partition coefficient (Wildman–Crippen LogP) is 1.49. The van der Waals surface area contributed by atoms with Gasteiger partial charge in [0.1, 0.15) is 0 Å². The Labute approximate surface area is 67.0 Å². The smallest absolute Gasteiger partial charge is 0.0168 e. The van der Waals surface area contributed by atoms with Gasteiger partial charge < -0.3 is 5.32 Å². The Morgan fingerprint density at radius 2 is 2.30 bits per heavy atom. The largest absolute Gasteiger partial charge is 0.310 e. The summed E-state index contributed by atoms with van der Waals surface area (Å²) < 4.78 is 0. The fraction of sp³-hybridized carbons (Fsp3) is 1.00. The molecule has 0 bridgehead atoms. The van der Waals surface area contributed by atoms with Crippen LogP contribution in [0, 0.1) is 5.92 Å². The lowest BCUT2D eigenvalue weighted by molar-refractivity contribution is 0.538. The van der Waals surface area contributed by atoms with Crippen LogP contribution in [0.3, 0.4) is 0 Å². The van der Waals surface area contributed by atoms with Crippen molar-refractivity contribution in [2.45, 2.75) is 31.8 Å². The quantitative estimate of drug-likeness (QED) is 0.652. The molecule has 2 aliphatic rings. The summed E-state index contributed by atoms with van der Waals surface area (Å²) >= 11 is 2.09. The fourth-order valence-corrected chi connectivity index (χ4v) is 2.69. The minimum atomic E-state index is 0.847. The van der Waals surface area contributed by atoms with Gasteiger partial charge in [-0.15, -0.1) is 0 Å². The van der Waals surface area contributed by atoms with Crippen LogP contribution in [0.1, 0.15) is 19.8 Å². The van der Waals surface area contributed by atoms with Gasteiger partial charge in [-0.05, 0) is 24.5 Å². The van der Waals surface area contributed by atoms with Crippen LogP contribution in [0.5, 0.6) is 0 Å². The Kier molecular flexibility index (Phi) is 1.92. The molecule has 1 nitrogen and oxygen atoms in total. The maximum Gasteiger partial charge on any atom is 0.0168 e. The Morgan fingerprint density at radius 3 is 2.80 bits per heavy atom. The first kappa shape index (κ1) is 6.99. The first-order chi connectivity index (χ1) is 4.86. The number of hydrogen-bond donors (Lipinski definition) is 1. The van der Waals surface area contributed by atoms with E-state index in [4.69, 9.17) is 0 Å². The summed E-state index contributed by atoms with van der Waals surface area (Å²) in [6.07, 6.45) is 2.81. The first-order valence-electron chi connectivity index (χ1n) is 4.20. The molecule has 0 spiro atoms. The minimum Gasteiger partial charge on any atom is -0.310 e. The molecule has 1 saturated carbocycles. The van der Waals surface area contributed by atoms with E-state index in [0.717, 1.165) is 18.0 Å². The molecule has 1 heterocycles. The normalized spacial score (nSPS) is 45.9. The molecule has 0 aromatic rings. The maximum absolute atomic E-state index is 3.68. The molecule has 0 radical (unpaired) electrons. The van der Waals surface area contributed by atoms with E-state index < -0.39 is 0 Å². The van der Waals surface area contributed by atoms with Crippen LogP contribution in [0.4, 0.5) is 0 Å². The summed E-state index contributed by atoms with van der Waals surface area (Å²) in [5.74, 6) is 3.69. The van der Waals surface area contributed by atoms with E-state index in [2.05, 4.69) is 24.0 Å². The van der Waals surface area contributed by atoms with Crippen molar-refractivity contribution in [2.75, 3.05) is 11.5 Å². The Morgan fingerprint density at radius 1 is 1.50 bits per heavy atom. The summed E-state index contributed by atoms with van der Waals surface area (Å²) in [6, 6.07) is 1.73. The van der Waals surface area contributed by atoms with Crippen molar-refractivity contribution >= 4 is 11.8 Å². The van der Waals surface area contributed by atoms with Crippen molar-refractivity contribution in [3.05, 3.63) is 0 Å². The van der Waals surface area contributed by atoms with Crippen molar-refractivity contribution in [1.29, 1.82) is 0 Å². The van der Waals surface area contributed by atoms with Crippen LogP contribution in [0.2, 0.25) is 0 Å². The standard InChI is InChI=1S/C8H15NS/c1-6-4-8(6)9-7-2-3-10-5-7/h6-9H,2-5H2,1H3. The highest BCUT2D eigenvalue weighted by Gasteiger charge is 2.34. The van der Waals surface area contributed by atoms with Gasteiger partial charge in [0.05, 0.1) is 0 Å². The third-order valence-corrected chi connectivity index (χ3v) is 3.65. The van der Waals surface area contributed by atoms with Gasteiger partial charge in [-0.1, -0.05) is 6.92 Å². The molecular weight excluding hydrogens is 142 g/mol. The van der Waals surface area contributed by atoms with Gasteiger partial charge in [0.15, 0.2) is 0 Å². The van der Waals surface area contributed by atoms with E-state index in [1.165, 1.54) is 24.3 Å². The van der Waals surface area contributed by atoms with Crippen LogP contribution in [0.25, 0.3) is 0 Å². The molecule has 3 unspecified atom stereocenters. The lowest BCUT2D eigenvalue weighted by Gasteiger charge is -2.09. The highest BCUT2D eigenvalue weighted by Crippen LogP contribution is 2.31. The van der Waals surface area contributed by atoms with Gasteiger partial charge in [0.25, 0.3) is 0 Å². The number of nitrogens with one attached hydrogen (secondary N) is 1. The predicted molar refractivity (Wildman–Crippen MR) is 46.4 cm³/mol. The van der Waals surface area contributed by atoms with Crippen molar-refractivity contribution in [3.63, 3.8) is 0 Å². The topological polar surface area (TPSA) is 12.0 Å². The van der Waals surface area contributed by atoms with Gasteiger partial charge in [-0.25, -0.2) is 0 Å². The molecule has 1 aliphatic carbocycles. The minimum absolute atomic E-state index is 0.847. The van der Waals surface area contributed by atoms with E-state index in [0.29, 0.717) is 0 Å². The average Bonchev–Trinajstić information content (AvgIpc) is 2.48. The van der Waals surface area contributed by atoms with Crippen LogP contribution in [0.15, 0.2) is 0 Å². The highest BCUT2D eigenvalue weighted by atomic mass is 32.2. The molecule has 1 saturated heterocycles. The first-order valence-corrected chi connectivity index (χ1v) is 5.35. The summed E-state index contributed by atoms with van der Waals surface area (Å²) in [4.78, 5) is 0. The SMILES string of the molecule is CC1CC1NC1CCSC1. The van der Waals surface area contributed by atoms with E-state index >= 15 is 0 Å². The number of thioether (sulfide) groups is 1. The van der Waals surface area contributed by atoms with E-state index in [9.17, 15) is 0 Å². The van der Waals surface area contributed by atoms with Gasteiger partial charge in [-0.3, -0.25) is 0 Å². The third-order valence-electron chi connectivity index (χ3n) is 2.49. The van der Waals surface area contributed by atoms with E-state index in [-0.39, 0.29) is 0 Å². The zero-order chi connectivity index (χ0) is 6.97. The summed E-state index contributed by atoms with van der Waals surface area (Å²) in [7, 11) is 0. The van der Waals surface area contributed by atoms with Crippen LogP contribution < -0.4 is 5.32 Å². The van der Waals surface area contributed by atoms with Crippen molar-refractivity contribution in [3.8, 4) is 0 Å². The van der Waals surface area contributed by atoms with Crippen LogP contribution in [-0.4, -0.2) is 23.6 Å². The molecule has 0 aromatic heterocycles. The Bertz CT molecular complexity index is 120. The molecule has 58 valence electrons. The fourth-order valence-electron chi connectivity index (χ4n) is 1.52. The summed E-state index contributed by atoms with van der Waals surface area (Å²) in [6.45, 7) is 2.33. The molecule has 1 N–H and O–H groups in total. The van der Waals surface area contributed by atoms with Gasteiger partial charge in [0, 0.05) is 17.8 Å². The third kappa shape index (κ3) is 1.48. The van der Waals surface area contributed by atoms with Crippen molar-refractivity contribution in [2.24, 2.45) is 5.92 Å². The molecule has 2 rings (SSSR count). The maximum atomic E-state index is 3.68. The summed E-state index contributed by atoms with van der Waals surface area (Å²) in [5, 5.41) is 3.68. The molecular formula is C8H15NS. The van der Waals surface area contributed by atoms with Crippen molar-refractivity contribution < 1.29 is 0 Å². The van der Waals surface area contributed by atoms with Gasteiger partial charge in [0.2, 0.25) is 0 Å². The van der Waals surface area contributed by atoms with E-state index in [1.54, 1.807) is 0 Å². The van der Waals surface area contributed by atoms with Gasteiger partial charge >= 0.3 is 0 Å². The Balaban J connectivity index is 1.70. The number of rotatable bonds is 2. The van der Waals surface area contributed by atoms with Gasteiger partial charge in [-0.2, -0.15) is 11.8 Å². The molecule has 2 heteroatoms. The summed E-state index contributed by atoms with van der Waals surface area (Å²) in [5.41, 5.74) is 0. The monoisotopic (exact) mass is 157 g/mol. The van der Waals surface area contributed by atoms with E-state index in [1.807, 2.05) is 0 Å². The second-order valence-electron chi connectivity index (χ2n) is 3.55. The highest BCUT2D eigenvalue weighted by molar-refractivity contribution is 7.99. The number of hydrogen-bond acceptors (Lipinski definition) is 2. The second kappa shape index (κ2) is 2.74. The zero-order valence-corrected chi connectivity index (χ0v) is 7.29. The zero-order valence-electron chi connectivity index (χ0n) is 6.47. The molecule has 2 fully saturated rings. The molecule has 0 aromatic carbocycles. The molecule has 10 heavy (non-hydrogen) atoms. The molecule has 0 amide bonds. The van der Waals surface area contributed by atoms with Crippen molar-refractivity contribution in [1.82, 2.24) is 5.32 Å². The second-order valence-corrected chi connectivity index (χ2v) is 4.70. The molecule has 1 aliphatic heterocycles. The van der Waals surface area contributed by atoms with Crippen LogP contribution >= 0.6 is 11.8 Å². The lowest BCUT2D eigenvalue weighted by Crippen LogP contribution is -2.31. The molecule has 3 atom stereocenters.